The van der Waals surface area contributed by atoms with Crippen LogP contribution in [-0.4, -0.2) is 87.4 Å². The molecule has 0 bridgehead atoms. The van der Waals surface area contributed by atoms with Crippen molar-refractivity contribution in [2.75, 3.05) is 7.11 Å². The molecule has 0 amide bonds. The van der Waals surface area contributed by atoms with E-state index in [2.05, 4.69) is 19.2 Å². The molecule has 1 saturated heterocycles. The van der Waals surface area contributed by atoms with Crippen molar-refractivity contribution in [3.63, 3.8) is 0 Å². The Bertz CT molecular complexity index is 1210. The van der Waals surface area contributed by atoms with E-state index in [1.54, 1.807) is 57.4 Å². The predicted octanol–water partition coefficient (Wildman–Crippen LogP) is 4.13. The Kier molecular flexibility index (Phi) is 13.7. The minimum atomic E-state index is -1.46. The largest absolute Gasteiger partial charge is 0.457 e. The summed E-state index contributed by atoms with van der Waals surface area (Å²) in [6.07, 6.45) is 5.87. The van der Waals surface area contributed by atoms with Gasteiger partial charge in [-0.1, -0.05) is 63.3 Å². The zero-order valence-corrected chi connectivity index (χ0v) is 28.2. The van der Waals surface area contributed by atoms with Crippen LogP contribution in [0.3, 0.4) is 0 Å². The Morgan fingerprint density at radius 1 is 1.24 bits per heavy atom. The first-order valence-electron chi connectivity index (χ1n) is 16.3. The van der Waals surface area contributed by atoms with Crippen LogP contribution in [0.2, 0.25) is 0 Å². The highest BCUT2D eigenvalue weighted by Crippen LogP contribution is 2.39. The summed E-state index contributed by atoms with van der Waals surface area (Å²) in [6.45, 7) is 11.4. The third-order valence-corrected chi connectivity index (χ3v) is 9.37. The average molecular weight is 648 g/mol. The zero-order chi connectivity index (χ0) is 34.2. The molecule has 11 unspecified atom stereocenters. The minimum absolute atomic E-state index is 0.0110. The van der Waals surface area contributed by atoms with E-state index in [1.165, 1.54) is 25.1 Å². The van der Waals surface area contributed by atoms with Gasteiger partial charge in [0.15, 0.2) is 0 Å². The smallest absolute Gasteiger partial charge is 0.309 e. The maximum atomic E-state index is 13.5. The summed E-state index contributed by atoms with van der Waals surface area (Å²) in [6, 6.07) is 5.67. The first-order valence-corrected chi connectivity index (χ1v) is 16.3. The van der Waals surface area contributed by atoms with E-state index in [1.807, 2.05) is 6.92 Å². The lowest BCUT2D eigenvalue weighted by molar-refractivity contribution is -0.151. The van der Waals surface area contributed by atoms with Gasteiger partial charge < -0.3 is 40.0 Å². The molecular weight excluding hydrogens is 593 g/mol. The fraction of sp³-hybridized carbons (Fsp3) is 0.639. The number of aliphatic hydroxyl groups excluding tert-OH is 2. The van der Waals surface area contributed by atoms with Gasteiger partial charge in [0.2, 0.25) is 0 Å². The number of epoxide rings is 1. The number of halogens is 1. The summed E-state index contributed by atoms with van der Waals surface area (Å²) in [7, 11) is 1.68. The van der Waals surface area contributed by atoms with Gasteiger partial charge in [0.05, 0.1) is 42.0 Å². The van der Waals surface area contributed by atoms with Crippen LogP contribution in [0, 0.1) is 17.7 Å². The molecule has 9 nitrogen and oxygen atoms in total. The van der Waals surface area contributed by atoms with E-state index in [4.69, 9.17) is 14.2 Å². The Labute approximate surface area is 273 Å². The number of carbonyl (C=O) groups is 1. The van der Waals surface area contributed by atoms with Gasteiger partial charge in [-0.2, -0.15) is 0 Å². The standard InChI is InChI=1S/C36H54FNO8/c1-8-28(44-7)24(4)32-33(46-32)34(38-21-25-12-14-26(37)15-13-25)36(6,43)18-9-10-22(2)31-23(3)11-16-29(40)35(5,42)19-17-27(39)20-30(41)45-31/h9-16,18,23-24,27-29,31-34,38-40,42-43H,8,17,19-21H2,1-7H3. The topological polar surface area (TPSA) is 141 Å². The van der Waals surface area contributed by atoms with Gasteiger partial charge in [-0.05, 0) is 63.3 Å². The highest BCUT2D eigenvalue weighted by atomic mass is 19.1. The molecule has 3 rings (SSSR count). The number of ether oxygens (including phenoxy) is 3. The number of allylic oxidation sites excluding steroid dienone is 2. The van der Waals surface area contributed by atoms with E-state index in [-0.39, 0.29) is 55.2 Å². The molecule has 2 aliphatic heterocycles. The van der Waals surface area contributed by atoms with Crippen molar-refractivity contribution in [1.29, 1.82) is 0 Å². The van der Waals surface area contributed by atoms with Crippen LogP contribution in [0.1, 0.15) is 72.8 Å². The van der Waals surface area contributed by atoms with Crippen molar-refractivity contribution in [3.8, 4) is 0 Å². The normalized spacial score (nSPS) is 33.0. The van der Waals surface area contributed by atoms with Gasteiger partial charge in [-0.25, -0.2) is 4.39 Å². The molecule has 1 aromatic rings. The minimum Gasteiger partial charge on any atom is -0.457 e. The van der Waals surface area contributed by atoms with Crippen molar-refractivity contribution in [1.82, 2.24) is 5.32 Å². The number of cyclic esters (lactones) is 1. The van der Waals surface area contributed by atoms with Gasteiger partial charge in [-0.15, -0.1) is 0 Å². The van der Waals surface area contributed by atoms with Gasteiger partial charge >= 0.3 is 5.97 Å². The quantitative estimate of drug-likeness (QED) is 0.0981. The van der Waals surface area contributed by atoms with Crippen molar-refractivity contribution < 1.29 is 43.8 Å². The number of methoxy groups -OCH3 is 1. The average Bonchev–Trinajstić information content (AvgIpc) is 3.78. The van der Waals surface area contributed by atoms with E-state index in [0.717, 1.165) is 12.0 Å². The highest BCUT2D eigenvalue weighted by Gasteiger charge is 2.54. The summed E-state index contributed by atoms with van der Waals surface area (Å²) in [5.41, 5.74) is -1.29. The fourth-order valence-corrected chi connectivity index (χ4v) is 6.17. The molecule has 11 atom stereocenters. The van der Waals surface area contributed by atoms with Crippen LogP contribution in [0.25, 0.3) is 0 Å². The molecule has 0 aliphatic carbocycles. The van der Waals surface area contributed by atoms with E-state index >= 15 is 0 Å². The van der Waals surface area contributed by atoms with E-state index in [9.17, 15) is 29.6 Å². The highest BCUT2D eigenvalue weighted by molar-refractivity contribution is 5.70. The molecule has 1 fully saturated rings. The number of aliphatic hydroxyl groups is 4. The lowest BCUT2D eigenvalue weighted by Gasteiger charge is -2.31. The van der Waals surface area contributed by atoms with Crippen molar-refractivity contribution in [3.05, 3.63) is 71.6 Å². The molecule has 2 heterocycles. The molecule has 0 saturated carbocycles. The van der Waals surface area contributed by atoms with Gasteiger partial charge in [0.1, 0.15) is 24.1 Å². The summed E-state index contributed by atoms with van der Waals surface area (Å²) < 4.78 is 31.1. The zero-order valence-electron chi connectivity index (χ0n) is 28.2. The number of carbonyl (C=O) groups excluding carboxylic acids is 1. The van der Waals surface area contributed by atoms with Crippen LogP contribution in [0.4, 0.5) is 4.39 Å². The second kappa shape index (κ2) is 16.6. The second-order valence-corrected chi connectivity index (χ2v) is 13.4. The Hall–Kier alpha value is -2.44. The van der Waals surface area contributed by atoms with E-state index in [0.29, 0.717) is 12.1 Å². The predicted molar refractivity (Wildman–Crippen MR) is 174 cm³/mol. The number of rotatable bonds is 12. The number of hydrogen-bond acceptors (Lipinski definition) is 9. The molecule has 46 heavy (non-hydrogen) atoms. The molecule has 0 radical (unpaired) electrons. The second-order valence-electron chi connectivity index (χ2n) is 13.4. The summed E-state index contributed by atoms with van der Waals surface area (Å²) in [5.74, 6) is -1.16. The van der Waals surface area contributed by atoms with Crippen molar-refractivity contribution in [2.45, 2.75) is 128 Å². The number of nitrogens with one attached hydrogen (secondary N) is 1. The lowest BCUT2D eigenvalue weighted by atomic mass is 9.87. The molecule has 0 aromatic heterocycles. The monoisotopic (exact) mass is 647 g/mol. The van der Waals surface area contributed by atoms with Crippen LogP contribution in [0.15, 0.2) is 60.2 Å². The van der Waals surface area contributed by atoms with Crippen LogP contribution < -0.4 is 5.32 Å². The van der Waals surface area contributed by atoms with Crippen LogP contribution >= 0.6 is 0 Å². The molecule has 258 valence electrons. The van der Waals surface area contributed by atoms with Gasteiger partial charge in [0, 0.05) is 25.5 Å². The first kappa shape index (κ1) is 38.0. The SMILES string of the molecule is CCC(OC)C(C)C1OC1C(NCc1ccc(F)cc1)C(C)(O)C=CC=C(C)C1OC(=O)CC(O)CCC(C)(O)C(O)C=CC1C. The third kappa shape index (κ3) is 10.5. The molecule has 2 aliphatic rings. The van der Waals surface area contributed by atoms with Crippen molar-refractivity contribution >= 4 is 5.97 Å². The molecule has 5 N–H and O–H groups in total. The number of benzene rings is 1. The van der Waals surface area contributed by atoms with Crippen LogP contribution in [-0.2, 0) is 25.5 Å². The van der Waals surface area contributed by atoms with Gasteiger partial charge in [-0.3, -0.25) is 4.79 Å². The third-order valence-electron chi connectivity index (χ3n) is 9.37. The van der Waals surface area contributed by atoms with Crippen LogP contribution in [0.5, 0.6) is 0 Å². The number of hydrogen-bond donors (Lipinski definition) is 5. The molecular formula is C36H54FNO8. The maximum absolute atomic E-state index is 13.5. The Morgan fingerprint density at radius 2 is 1.91 bits per heavy atom. The van der Waals surface area contributed by atoms with E-state index < -0.39 is 41.5 Å². The summed E-state index contributed by atoms with van der Waals surface area (Å²) >= 11 is 0. The fourth-order valence-electron chi connectivity index (χ4n) is 6.17. The van der Waals surface area contributed by atoms with Gasteiger partial charge in [0.25, 0.3) is 0 Å². The lowest BCUT2D eigenvalue weighted by Crippen LogP contribution is -2.52. The van der Waals surface area contributed by atoms with Crippen molar-refractivity contribution in [2.24, 2.45) is 11.8 Å². The Morgan fingerprint density at radius 3 is 2.54 bits per heavy atom. The summed E-state index contributed by atoms with van der Waals surface area (Å²) in [5, 5.41) is 46.7. The summed E-state index contributed by atoms with van der Waals surface area (Å²) in [4.78, 5) is 12.7. The number of esters is 1. The Balaban J connectivity index is 1.83. The first-order chi connectivity index (χ1) is 21.6. The maximum Gasteiger partial charge on any atom is 0.309 e. The molecule has 10 heteroatoms. The molecule has 1 aromatic carbocycles. The molecule has 0 spiro atoms.